The van der Waals surface area contributed by atoms with Crippen LogP contribution in [0.3, 0.4) is 0 Å². The van der Waals surface area contributed by atoms with Crippen molar-refractivity contribution in [1.29, 1.82) is 0 Å². The smallest absolute Gasteiger partial charge is 0.259 e. The minimum atomic E-state index is -0.824. The molecule has 0 fully saturated rings. The van der Waals surface area contributed by atoms with E-state index < -0.39 is 6.04 Å². The zero-order valence-electron chi connectivity index (χ0n) is 19.5. The maximum Gasteiger partial charge on any atom is 0.259 e. The van der Waals surface area contributed by atoms with Gasteiger partial charge in [0.2, 0.25) is 5.91 Å². The van der Waals surface area contributed by atoms with E-state index >= 15 is 0 Å². The van der Waals surface area contributed by atoms with Gasteiger partial charge in [-0.05, 0) is 29.8 Å². The van der Waals surface area contributed by atoms with Crippen molar-refractivity contribution >= 4 is 51.9 Å². The predicted molar refractivity (Wildman–Crippen MR) is 143 cm³/mol. The number of thioether (sulfide) groups is 1. The van der Waals surface area contributed by atoms with E-state index in [4.69, 9.17) is 21.3 Å². The summed E-state index contributed by atoms with van der Waals surface area (Å²) in [6, 6.07) is 21.8. The molecule has 1 N–H and O–H groups in total. The minimum Gasteiger partial charge on any atom is -0.496 e. The molecule has 0 bridgehead atoms. The van der Waals surface area contributed by atoms with Gasteiger partial charge in [0.15, 0.2) is 5.17 Å². The molecule has 0 aliphatic carbocycles. The van der Waals surface area contributed by atoms with Gasteiger partial charge in [-0.25, -0.2) is 9.89 Å². The highest BCUT2D eigenvalue weighted by molar-refractivity contribution is 8.13. The third-order valence-electron chi connectivity index (χ3n) is 5.91. The first-order chi connectivity index (χ1) is 17.5. The van der Waals surface area contributed by atoms with E-state index in [0.717, 1.165) is 22.4 Å². The number of hydrogen-bond donors (Lipinski definition) is 1. The molecule has 2 aliphatic heterocycles. The number of rotatable bonds is 7. The van der Waals surface area contributed by atoms with Crippen molar-refractivity contribution < 1.29 is 14.3 Å². The molecule has 5 rings (SSSR count). The Morgan fingerprint density at radius 2 is 1.78 bits per heavy atom. The predicted octanol–water partition coefficient (Wildman–Crippen LogP) is 4.95. The van der Waals surface area contributed by atoms with Gasteiger partial charge in [-0.3, -0.25) is 14.6 Å². The second kappa shape index (κ2) is 10.6. The van der Waals surface area contributed by atoms with Crippen LogP contribution in [0.2, 0.25) is 5.02 Å². The third-order valence-corrected chi connectivity index (χ3v) is 7.27. The molecule has 36 heavy (non-hydrogen) atoms. The van der Waals surface area contributed by atoms with E-state index in [1.165, 1.54) is 16.7 Å². The summed E-state index contributed by atoms with van der Waals surface area (Å²) in [5.74, 6) is 1.23. The molecule has 7 nitrogen and oxygen atoms in total. The molecule has 2 amide bonds. The van der Waals surface area contributed by atoms with Crippen molar-refractivity contribution in [2.45, 2.75) is 24.8 Å². The van der Waals surface area contributed by atoms with E-state index in [-0.39, 0.29) is 18.2 Å². The summed E-state index contributed by atoms with van der Waals surface area (Å²) in [5, 5.41) is 4.06. The number of hydrogen-bond acceptors (Lipinski definition) is 6. The number of amides is 2. The van der Waals surface area contributed by atoms with Crippen LogP contribution in [-0.4, -0.2) is 40.9 Å². The Kier molecular flexibility index (Phi) is 7.06. The molecular weight excluding hydrogens is 496 g/mol. The normalized spacial score (nSPS) is 16.1. The molecule has 0 spiro atoms. The molecule has 0 saturated carbocycles. The lowest BCUT2D eigenvalue weighted by atomic mass is 10.1. The summed E-state index contributed by atoms with van der Waals surface area (Å²) in [7, 11) is 1.59. The summed E-state index contributed by atoms with van der Waals surface area (Å²) in [6.45, 7) is 0.299. The molecule has 2 heterocycles. The zero-order valence-corrected chi connectivity index (χ0v) is 21.1. The minimum absolute atomic E-state index is 0.0569. The monoisotopic (exact) mass is 518 g/mol. The van der Waals surface area contributed by atoms with E-state index in [9.17, 15) is 9.59 Å². The number of methoxy groups -OCH3 is 1. The van der Waals surface area contributed by atoms with Crippen LogP contribution < -0.4 is 10.1 Å². The number of carbonyl (C=O) groups excluding carboxylic acids is 2. The van der Waals surface area contributed by atoms with Gasteiger partial charge in [0.1, 0.15) is 17.6 Å². The molecule has 2 aliphatic rings. The first-order valence-corrected chi connectivity index (χ1v) is 12.8. The van der Waals surface area contributed by atoms with Crippen LogP contribution in [0, 0.1) is 0 Å². The first kappa shape index (κ1) is 24.1. The fraction of sp³-hybridized carbons (Fsp3) is 0.185. The first-order valence-electron chi connectivity index (χ1n) is 11.4. The number of aliphatic imine (C=N–C) groups is 2. The lowest BCUT2D eigenvalue weighted by Crippen LogP contribution is -2.42. The lowest BCUT2D eigenvalue weighted by Gasteiger charge is -2.25. The van der Waals surface area contributed by atoms with Gasteiger partial charge in [-0.2, -0.15) is 0 Å². The molecule has 0 unspecified atom stereocenters. The molecule has 0 saturated heterocycles. The number of nitrogens with one attached hydrogen (secondary N) is 1. The van der Waals surface area contributed by atoms with Gasteiger partial charge >= 0.3 is 0 Å². The summed E-state index contributed by atoms with van der Waals surface area (Å²) in [6.07, 6.45) is -0.0569. The number of halogens is 1. The number of fused-ring (bicyclic) bond motifs is 3. The quantitative estimate of drug-likeness (QED) is 0.480. The standard InChI is InChI=1S/C27H23ClN4O3S/c1-35-23-13-7-3-8-17(23)15-29-24(33)14-22-26(34)32-25(30-22)19-10-4-6-12-21(19)31-27(32)36-16-18-9-2-5-11-20(18)28/h2-13,22H,14-16H2,1H3,(H,29,33)/t22-/m1/s1. The van der Waals surface area contributed by atoms with E-state index in [1.807, 2.05) is 72.8 Å². The molecule has 0 aromatic heterocycles. The zero-order chi connectivity index (χ0) is 25.1. The van der Waals surface area contributed by atoms with Gasteiger partial charge in [0, 0.05) is 28.4 Å². The summed E-state index contributed by atoms with van der Waals surface area (Å²) < 4.78 is 5.34. The number of amidine groups is 2. The Morgan fingerprint density at radius 1 is 1.06 bits per heavy atom. The topological polar surface area (TPSA) is 83.4 Å². The van der Waals surface area contributed by atoms with Crippen molar-refractivity contribution in [3.05, 3.63) is 94.5 Å². The van der Waals surface area contributed by atoms with E-state index in [1.54, 1.807) is 7.11 Å². The SMILES string of the molecule is COc1ccccc1CNC(=O)C[C@H]1N=C2c3ccccc3N=C(SCc3ccccc3Cl)N2C1=O. The summed E-state index contributed by atoms with van der Waals surface area (Å²) in [5.41, 5.74) is 3.31. The van der Waals surface area contributed by atoms with Crippen LogP contribution in [0.15, 0.2) is 82.8 Å². The van der Waals surface area contributed by atoms with Crippen LogP contribution in [0.1, 0.15) is 23.1 Å². The van der Waals surface area contributed by atoms with Gasteiger partial charge in [-0.15, -0.1) is 0 Å². The molecule has 182 valence electrons. The summed E-state index contributed by atoms with van der Waals surface area (Å²) in [4.78, 5) is 37.1. The molecule has 9 heteroatoms. The Balaban J connectivity index is 1.33. The Morgan fingerprint density at radius 3 is 2.58 bits per heavy atom. The van der Waals surface area contributed by atoms with Gasteiger partial charge in [0.25, 0.3) is 5.91 Å². The van der Waals surface area contributed by atoms with E-state index in [2.05, 4.69) is 10.3 Å². The number of nitrogens with zero attached hydrogens (tertiary/aromatic N) is 3. The molecule has 1 atom stereocenters. The molecular formula is C27H23ClN4O3S. The van der Waals surface area contributed by atoms with Crippen LogP contribution in [0.5, 0.6) is 5.75 Å². The highest BCUT2D eigenvalue weighted by Crippen LogP contribution is 2.35. The lowest BCUT2D eigenvalue weighted by molar-refractivity contribution is -0.128. The number of benzene rings is 3. The highest BCUT2D eigenvalue weighted by Gasteiger charge is 2.42. The number of para-hydroxylation sites is 2. The second-order valence-corrected chi connectivity index (χ2v) is 9.58. The van der Waals surface area contributed by atoms with Crippen molar-refractivity contribution in [3.63, 3.8) is 0 Å². The van der Waals surface area contributed by atoms with Crippen molar-refractivity contribution in [2.24, 2.45) is 9.98 Å². The average Bonchev–Trinajstić information content (AvgIpc) is 3.23. The maximum absolute atomic E-state index is 13.4. The van der Waals surface area contributed by atoms with Crippen molar-refractivity contribution in [1.82, 2.24) is 10.2 Å². The second-order valence-electron chi connectivity index (χ2n) is 8.23. The Hall–Kier alpha value is -3.62. The van der Waals surface area contributed by atoms with Crippen molar-refractivity contribution in [3.8, 4) is 5.75 Å². The largest absolute Gasteiger partial charge is 0.496 e. The van der Waals surface area contributed by atoms with Gasteiger partial charge in [0.05, 0.1) is 19.2 Å². The molecule has 0 radical (unpaired) electrons. The maximum atomic E-state index is 13.4. The van der Waals surface area contributed by atoms with Crippen LogP contribution in [0.25, 0.3) is 0 Å². The average molecular weight is 519 g/mol. The Bertz CT molecular complexity index is 1390. The van der Waals surface area contributed by atoms with Crippen LogP contribution >= 0.6 is 23.4 Å². The highest BCUT2D eigenvalue weighted by atomic mass is 35.5. The van der Waals surface area contributed by atoms with Crippen LogP contribution in [0.4, 0.5) is 5.69 Å². The van der Waals surface area contributed by atoms with Gasteiger partial charge in [-0.1, -0.05) is 71.9 Å². The fourth-order valence-electron chi connectivity index (χ4n) is 4.08. The number of carbonyl (C=O) groups is 2. The molecule has 3 aromatic rings. The number of ether oxygens (including phenoxy) is 1. The summed E-state index contributed by atoms with van der Waals surface area (Å²) >= 11 is 7.74. The fourth-order valence-corrected chi connectivity index (χ4v) is 5.37. The Labute approximate surface area is 218 Å². The van der Waals surface area contributed by atoms with E-state index in [0.29, 0.717) is 34.1 Å². The van der Waals surface area contributed by atoms with Crippen molar-refractivity contribution in [2.75, 3.05) is 7.11 Å². The third kappa shape index (κ3) is 4.87. The van der Waals surface area contributed by atoms with Gasteiger partial charge < -0.3 is 10.1 Å². The van der Waals surface area contributed by atoms with Crippen LogP contribution in [-0.2, 0) is 21.9 Å². The molecule has 3 aromatic carbocycles.